The van der Waals surface area contributed by atoms with E-state index in [4.69, 9.17) is 0 Å². The van der Waals surface area contributed by atoms with Crippen LogP contribution in [0.15, 0.2) is 90.5 Å². The highest BCUT2D eigenvalue weighted by Crippen LogP contribution is 2.23. The number of nitrogens with zero attached hydrogens (tertiary/aromatic N) is 3. The summed E-state index contributed by atoms with van der Waals surface area (Å²) in [5.41, 5.74) is 4.68. The summed E-state index contributed by atoms with van der Waals surface area (Å²) in [6.07, 6.45) is 10.9. The minimum absolute atomic E-state index is 0.0945. The summed E-state index contributed by atoms with van der Waals surface area (Å²) in [6.45, 7) is 2.03. The van der Waals surface area contributed by atoms with Crippen LogP contribution in [0.25, 0.3) is 12.2 Å². The summed E-state index contributed by atoms with van der Waals surface area (Å²) in [6, 6.07) is 18.0. The Bertz CT molecular complexity index is 934. The number of aromatic nitrogens is 2. The molecular weight excluding hydrogens is 346 g/mol. The van der Waals surface area contributed by atoms with Gasteiger partial charge >= 0.3 is 0 Å². The molecule has 0 atom stereocenters. The van der Waals surface area contributed by atoms with Gasteiger partial charge in [-0.3, -0.25) is 19.7 Å². The molecule has 28 heavy (non-hydrogen) atoms. The van der Waals surface area contributed by atoms with E-state index < -0.39 is 0 Å². The van der Waals surface area contributed by atoms with Crippen LogP contribution in [0.5, 0.6) is 0 Å². The van der Waals surface area contributed by atoms with E-state index in [0.717, 1.165) is 28.8 Å². The van der Waals surface area contributed by atoms with Crippen molar-refractivity contribution in [2.24, 2.45) is 0 Å². The van der Waals surface area contributed by atoms with Crippen molar-refractivity contribution in [2.75, 3.05) is 13.1 Å². The number of piperidine rings is 1. The molecule has 0 radical (unpaired) electrons. The molecule has 0 spiro atoms. The number of carbonyl (C=O) groups is 1. The fourth-order valence-electron chi connectivity index (χ4n) is 3.39. The monoisotopic (exact) mass is 367 g/mol. The van der Waals surface area contributed by atoms with E-state index in [1.54, 1.807) is 24.8 Å². The smallest absolute Gasteiger partial charge is 0.187 e. The van der Waals surface area contributed by atoms with E-state index in [-0.39, 0.29) is 5.78 Å². The second-order valence-corrected chi connectivity index (χ2v) is 6.87. The van der Waals surface area contributed by atoms with Crippen molar-refractivity contribution in [3.05, 3.63) is 107 Å². The summed E-state index contributed by atoms with van der Waals surface area (Å²) in [5.74, 6) is 0.0945. The van der Waals surface area contributed by atoms with Crippen LogP contribution in [0.3, 0.4) is 0 Å². The van der Waals surface area contributed by atoms with Gasteiger partial charge in [0.15, 0.2) is 5.78 Å². The standard InChI is InChI=1S/C24H21N3O/c28-24-22(12-20-8-4-10-25-14-20)17-27(16-19-6-2-1-3-7-19)18-23(24)13-21-9-5-11-26-15-21/h1-15H,16-18H2/b22-12-,23-13-. The Kier molecular flexibility index (Phi) is 5.50. The third-order valence-electron chi connectivity index (χ3n) is 4.67. The molecule has 3 aromatic rings. The summed E-state index contributed by atoms with van der Waals surface area (Å²) < 4.78 is 0. The molecule has 2 aromatic heterocycles. The molecule has 0 unspecified atom stereocenters. The van der Waals surface area contributed by atoms with Gasteiger partial charge in [0.1, 0.15) is 0 Å². The molecule has 0 saturated carbocycles. The summed E-state index contributed by atoms with van der Waals surface area (Å²) in [4.78, 5) is 23.7. The molecule has 1 aromatic carbocycles. The van der Waals surface area contributed by atoms with Crippen molar-refractivity contribution in [3.63, 3.8) is 0 Å². The zero-order valence-corrected chi connectivity index (χ0v) is 15.5. The van der Waals surface area contributed by atoms with Crippen LogP contribution in [-0.4, -0.2) is 33.7 Å². The van der Waals surface area contributed by atoms with Gasteiger partial charge in [-0.15, -0.1) is 0 Å². The number of pyridine rings is 2. The van der Waals surface area contributed by atoms with Gasteiger partial charge in [0.25, 0.3) is 0 Å². The van der Waals surface area contributed by atoms with Crippen LogP contribution < -0.4 is 0 Å². The van der Waals surface area contributed by atoms with E-state index >= 15 is 0 Å². The zero-order chi connectivity index (χ0) is 19.2. The van der Waals surface area contributed by atoms with Gasteiger partial charge in [0, 0.05) is 55.6 Å². The number of likely N-dealkylation sites (tertiary alicyclic amines) is 1. The molecule has 0 bridgehead atoms. The Morgan fingerprint density at radius 2 is 1.36 bits per heavy atom. The molecular formula is C24H21N3O. The number of benzene rings is 1. The second-order valence-electron chi connectivity index (χ2n) is 6.87. The van der Waals surface area contributed by atoms with Gasteiger partial charge in [-0.05, 0) is 41.0 Å². The SMILES string of the molecule is O=C1/C(=C\c2cccnc2)CN(Cc2ccccc2)C/C1=C/c1cccnc1. The number of Topliss-reactive ketones (excluding diaryl/α,β-unsaturated/α-hetero) is 1. The molecule has 4 heteroatoms. The van der Waals surface area contributed by atoms with E-state index in [1.165, 1.54) is 5.56 Å². The molecule has 0 N–H and O–H groups in total. The quantitative estimate of drug-likeness (QED) is 0.653. The third kappa shape index (κ3) is 4.48. The first kappa shape index (κ1) is 18.0. The lowest BCUT2D eigenvalue weighted by molar-refractivity contribution is -0.113. The molecule has 4 nitrogen and oxygen atoms in total. The fraction of sp³-hybridized carbons (Fsp3) is 0.125. The highest BCUT2D eigenvalue weighted by atomic mass is 16.1. The van der Waals surface area contributed by atoms with Gasteiger partial charge in [-0.1, -0.05) is 42.5 Å². The van der Waals surface area contributed by atoms with E-state index in [9.17, 15) is 4.79 Å². The van der Waals surface area contributed by atoms with Crippen molar-refractivity contribution in [1.82, 2.24) is 14.9 Å². The van der Waals surface area contributed by atoms with Crippen molar-refractivity contribution in [3.8, 4) is 0 Å². The first-order chi connectivity index (χ1) is 13.8. The van der Waals surface area contributed by atoms with Crippen molar-refractivity contribution < 1.29 is 4.79 Å². The van der Waals surface area contributed by atoms with Crippen LogP contribution in [0, 0.1) is 0 Å². The Balaban J connectivity index is 1.66. The van der Waals surface area contributed by atoms with Crippen LogP contribution >= 0.6 is 0 Å². The molecule has 1 aliphatic heterocycles. The largest absolute Gasteiger partial charge is 0.290 e. The molecule has 0 aliphatic carbocycles. The normalized spacial score (nSPS) is 17.9. The van der Waals surface area contributed by atoms with Gasteiger partial charge in [0.2, 0.25) is 0 Å². The van der Waals surface area contributed by atoms with Crippen molar-refractivity contribution in [2.45, 2.75) is 6.54 Å². The molecule has 1 fully saturated rings. The Morgan fingerprint density at radius 1 is 0.786 bits per heavy atom. The maximum atomic E-state index is 13.1. The van der Waals surface area contributed by atoms with Gasteiger partial charge in [-0.25, -0.2) is 0 Å². The Morgan fingerprint density at radius 3 is 1.86 bits per heavy atom. The zero-order valence-electron chi connectivity index (χ0n) is 15.5. The summed E-state index contributed by atoms with van der Waals surface area (Å²) >= 11 is 0. The number of ketones is 1. The van der Waals surface area contributed by atoms with Crippen molar-refractivity contribution in [1.29, 1.82) is 0 Å². The molecule has 0 amide bonds. The van der Waals surface area contributed by atoms with Crippen LogP contribution in [0.4, 0.5) is 0 Å². The van der Waals surface area contributed by atoms with E-state index in [0.29, 0.717) is 13.1 Å². The minimum Gasteiger partial charge on any atom is -0.290 e. The Hall–Kier alpha value is -3.37. The van der Waals surface area contributed by atoms with Crippen LogP contribution in [0.2, 0.25) is 0 Å². The predicted molar refractivity (Wildman–Crippen MR) is 111 cm³/mol. The minimum atomic E-state index is 0.0945. The second kappa shape index (κ2) is 8.55. The lowest BCUT2D eigenvalue weighted by atomic mass is 9.94. The number of rotatable bonds is 4. The number of carbonyl (C=O) groups excluding carboxylic acids is 1. The number of hydrogen-bond donors (Lipinski definition) is 0. The Labute approximate surface area is 164 Å². The third-order valence-corrected chi connectivity index (χ3v) is 4.67. The predicted octanol–water partition coefficient (Wildman–Crippen LogP) is 4.03. The lowest BCUT2D eigenvalue weighted by Gasteiger charge is -2.30. The van der Waals surface area contributed by atoms with Crippen LogP contribution in [-0.2, 0) is 11.3 Å². The van der Waals surface area contributed by atoms with Gasteiger partial charge in [-0.2, -0.15) is 0 Å². The average Bonchev–Trinajstić information content (AvgIpc) is 2.74. The fourth-order valence-corrected chi connectivity index (χ4v) is 3.39. The van der Waals surface area contributed by atoms with Crippen LogP contribution in [0.1, 0.15) is 16.7 Å². The first-order valence-electron chi connectivity index (χ1n) is 9.30. The van der Waals surface area contributed by atoms with Gasteiger partial charge < -0.3 is 0 Å². The maximum Gasteiger partial charge on any atom is 0.187 e. The van der Waals surface area contributed by atoms with E-state index in [2.05, 4.69) is 27.0 Å². The summed E-state index contributed by atoms with van der Waals surface area (Å²) in [5, 5.41) is 0. The number of hydrogen-bond acceptors (Lipinski definition) is 4. The molecule has 138 valence electrons. The highest BCUT2D eigenvalue weighted by Gasteiger charge is 2.26. The molecule has 1 saturated heterocycles. The summed E-state index contributed by atoms with van der Waals surface area (Å²) in [7, 11) is 0. The highest BCUT2D eigenvalue weighted by molar-refractivity contribution is 6.14. The maximum absolute atomic E-state index is 13.1. The lowest BCUT2D eigenvalue weighted by Crippen LogP contribution is -2.37. The first-order valence-corrected chi connectivity index (χ1v) is 9.30. The van der Waals surface area contributed by atoms with Gasteiger partial charge in [0.05, 0.1) is 0 Å². The van der Waals surface area contributed by atoms with Crippen molar-refractivity contribution >= 4 is 17.9 Å². The van der Waals surface area contributed by atoms with E-state index in [1.807, 2.05) is 54.6 Å². The molecule has 3 heterocycles. The topological polar surface area (TPSA) is 46.1 Å². The average molecular weight is 367 g/mol. The molecule has 1 aliphatic rings. The molecule has 4 rings (SSSR count).